The third-order valence-electron chi connectivity index (χ3n) is 4.04. The first kappa shape index (κ1) is 16.8. The molecule has 1 saturated heterocycles. The fourth-order valence-electron chi connectivity index (χ4n) is 2.87. The Bertz CT molecular complexity index is 776. The van der Waals surface area contributed by atoms with Crippen LogP contribution in [0, 0.1) is 0 Å². The van der Waals surface area contributed by atoms with Crippen molar-refractivity contribution in [3.63, 3.8) is 0 Å². The maximum atomic E-state index is 12.6. The van der Waals surface area contributed by atoms with Crippen LogP contribution in [0.25, 0.3) is 0 Å². The molecule has 0 radical (unpaired) electrons. The van der Waals surface area contributed by atoms with E-state index in [0.717, 1.165) is 0 Å². The maximum Gasteiger partial charge on any atom is 0.264 e. The van der Waals surface area contributed by atoms with E-state index in [4.69, 9.17) is 0 Å². The molecule has 0 aromatic heterocycles. The molecule has 1 aromatic carbocycles. The summed E-state index contributed by atoms with van der Waals surface area (Å²) < 4.78 is 0. The molecule has 9 heteroatoms. The summed E-state index contributed by atoms with van der Waals surface area (Å²) in [7, 11) is 0. The van der Waals surface area contributed by atoms with Crippen LogP contribution in [-0.2, 0) is 25.7 Å². The molecule has 0 bridgehead atoms. The number of carbonyl (C=O) groups excluding carboxylic acids is 5. The van der Waals surface area contributed by atoms with Crippen LogP contribution in [0.1, 0.15) is 28.8 Å². The number of benzene rings is 1. The number of amides is 4. The highest BCUT2D eigenvalue weighted by Gasteiger charge is 2.39. The molecule has 1 aromatic rings. The van der Waals surface area contributed by atoms with Crippen molar-refractivity contribution >= 4 is 35.6 Å². The lowest BCUT2D eigenvalue weighted by Gasteiger charge is -2.30. The molecule has 9 nitrogen and oxygen atoms in total. The fraction of sp³-hybridized carbons (Fsp3) is 0.312. The number of aldehydes is 1. The van der Waals surface area contributed by atoms with Gasteiger partial charge in [-0.1, -0.05) is 6.07 Å². The molecule has 2 aliphatic heterocycles. The Morgan fingerprint density at radius 2 is 2.12 bits per heavy atom. The van der Waals surface area contributed by atoms with Crippen LogP contribution >= 0.6 is 0 Å². The number of rotatable bonds is 5. The van der Waals surface area contributed by atoms with E-state index in [1.807, 2.05) is 0 Å². The van der Waals surface area contributed by atoms with E-state index in [1.54, 1.807) is 18.2 Å². The zero-order valence-electron chi connectivity index (χ0n) is 13.2. The van der Waals surface area contributed by atoms with Gasteiger partial charge in [-0.3, -0.25) is 29.8 Å². The Hall–Kier alpha value is -3.07. The Morgan fingerprint density at radius 1 is 1.32 bits per heavy atom. The molecular formula is C16H16N4O5. The smallest absolute Gasteiger partial charge is 0.264 e. The lowest BCUT2D eigenvalue weighted by Crippen LogP contribution is -2.62. The molecule has 1 atom stereocenters. The van der Waals surface area contributed by atoms with Crippen molar-refractivity contribution in [2.45, 2.75) is 25.6 Å². The van der Waals surface area contributed by atoms with Gasteiger partial charge in [-0.05, 0) is 12.1 Å². The number of carbonyl (C=O) groups is 5. The second-order valence-electron chi connectivity index (χ2n) is 5.71. The van der Waals surface area contributed by atoms with E-state index in [2.05, 4.69) is 16.0 Å². The van der Waals surface area contributed by atoms with Gasteiger partial charge in [-0.2, -0.15) is 0 Å². The molecule has 1 fully saturated rings. The molecule has 25 heavy (non-hydrogen) atoms. The third kappa shape index (κ3) is 3.26. The minimum atomic E-state index is -0.948. The van der Waals surface area contributed by atoms with Crippen LogP contribution in [0.4, 0.5) is 5.69 Å². The second kappa shape index (κ2) is 6.81. The predicted molar refractivity (Wildman–Crippen MR) is 85.2 cm³/mol. The molecule has 2 heterocycles. The van der Waals surface area contributed by atoms with Gasteiger partial charge in [0, 0.05) is 29.7 Å². The number of hydrogen-bond donors (Lipinski definition) is 3. The van der Waals surface area contributed by atoms with Crippen LogP contribution in [0.3, 0.4) is 0 Å². The lowest BCUT2D eigenvalue weighted by atomic mass is 10.1. The van der Waals surface area contributed by atoms with Gasteiger partial charge in [-0.25, -0.2) is 0 Å². The first-order valence-electron chi connectivity index (χ1n) is 7.74. The van der Waals surface area contributed by atoms with Gasteiger partial charge in [0.05, 0.1) is 13.1 Å². The fourth-order valence-corrected chi connectivity index (χ4v) is 2.87. The molecule has 0 spiro atoms. The van der Waals surface area contributed by atoms with E-state index in [9.17, 15) is 24.0 Å². The van der Waals surface area contributed by atoms with E-state index in [1.165, 1.54) is 4.90 Å². The van der Waals surface area contributed by atoms with E-state index in [0.29, 0.717) is 23.1 Å². The standard InChI is InChI=1S/C16H16N4O5/c21-6-2-5-12(22)18-11-4-1-3-9-10(11)8-20(16(9)25)14-15(24)19-13(23)7-17-14/h1,3-4,6,14,17H,2,5,7-8H2,(H,18,22)(H,19,23,24). The van der Waals surface area contributed by atoms with Crippen molar-refractivity contribution in [3.05, 3.63) is 29.3 Å². The van der Waals surface area contributed by atoms with Crippen molar-refractivity contribution in [1.82, 2.24) is 15.5 Å². The van der Waals surface area contributed by atoms with Crippen LogP contribution in [0.15, 0.2) is 18.2 Å². The van der Waals surface area contributed by atoms with Crippen LogP contribution in [-0.4, -0.2) is 47.5 Å². The Kier molecular flexibility index (Phi) is 4.57. The highest BCUT2D eigenvalue weighted by molar-refractivity contribution is 6.07. The SMILES string of the molecule is O=CCCC(=O)Nc1cccc2c1CN(C1NCC(=O)NC1=O)C2=O. The predicted octanol–water partition coefficient (Wildman–Crippen LogP) is -0.868. The van der Waals surface area contributed by atoms with Crippen molar-refractivity contribution in [3.8, 4) is 0 Å². The van der Waals surface area contributed by atoms with Crippen molar-refractivity contribution in [1.29, 1.82) is 0 Å². The summed E-state index contributed by atoms with van der Waals surface area (Å²) in [6.45, 7) is 0.0589. The van der Waals surface area contributed by atoms with E-state index >= 15 is 0 Å². The van der Waals surface area contributed by atoms with E-state index < -0.39 is 18.0 Å². The Morgan fingerprint density at radius 3 is 2.84 bits per heavy atom. The summed E-state index contributed by atoms with van der Waals surface area (Å²) >= 11 is 0. The van der Waals surface area contributed by atoms with Crippen molar-refractivity contribution in [2.75, 3.05) is 11.9 Å². The molecule has 130 valence electrons. The number of imide groups is 1. The zero-order chi connectivity index (χ0) is 18.0. The van der Waals surface area contributed by atoms with Gasteiger partial charge >= 0.3 is 0 Å². The summed E-state index contributed by atoms with van der Waals surface area (Å²) in [4.78, 5) is 59.3. The monoisotopic (exact) mass is 344 g/mol. The molecular weight excluding hydrogens is 328 g/mol. The summed E-state index contributed by atoms with van der Waals surface area (Å²) in [5, 5.41) is 7.61. The number of nitrogens with zero attached hydrogens (tertiary/aromatic N) is 1. The van der Waals surface area contributed by atoms with Gasteiger partial charge in [0.25, 0.3) is 11.8 Å². The minimum absolute atomic E-state index is 0.0551. The molecule has 3 N–H and O–H groups in total. The number of nitrogens with one attached hydrogen (secondary N) is 3. The lowest BCUT2D eigenvalue weighted by molar-refractivity contribution is -0.137. The van der Waals surface area contributed by atoms with Gasteiger partial charge < -0.3 is 15.0 Å². The highest BCUT2D eigenvalue weighted by atomic mass is 16.2. The summed E-state index contributed by atoms with van der Waals surface area (Å²) in [6, 6.07) is 4.91. The Balaban J connectivity index is 1.80. The van der Waals surface area contributed by atoms with Gasteiger partial charge in [0.15, 0.2) is 6.17 Å². The number of anilines is 1. The highest BCUT2D eigenvalue weighted by Crippen LogP contribution is 2.30. The molecule has 0 saturated carbocycles. The maximum absolute atomic E-state index is 12.6. The zero-order valence-corrected chi connectivity index (χ0v) is 13.2. The third-order valence-corrected chi connectivity index (χ3v) is 4.04. The molecule has 2 aliphatic rings. The topological polar surface area (TPSA) is 125 Å². The average molecular weight is 344 g/mol. The number of fused-ring (bicyclic) bond motifs is 1. The van der Waals surface area contributed by atoms with Gasteiger partial charge in [0.2, 0.25) is 11.8 Å². The molecule has 3 rings (SSSR count). The largest absolute Gasteiger partial charge is 0.326 e. The number of hydrogen-bond acceptors (Lipinski definition) is 6. The summed E-state index contributed by atoms with van der Waals surface area (Å²) in [6.07, 6.45) is -0.114. The Labute approximate surface area is 142 Å². The molecule has 1 unspecified atom stereocenters. The second-order valence-corrected chi connectivity index (χ2v) is 5.71. The number of piperazine rings is 1. The quantitative estimate of drug-likeness (QED) is 0.471. The minimum Gasteiger partial charge on any atom is -0.326 e. The summed E-state index contributed by atoms with van der Waals surface area (Å²) in [5.41, 5.74) is 1.45. The summed E-state index contributed by atoms with van der Waals surface area (Å²) in [5.74, 6) is -1.73. The van der Waals surface area contributed by atoms with Crippen LogP contribution < -0.4 is 16.0 Å². The van der Waals surface area contributed by atoms with E-state index in [-0.39, 0.29) is 37.7 Å². The molecule has 0 aliphatic carbocycles. The van der Waals surface area contributed by atoms with Gasteiger partial charge in [-0.15, -0.1) is 0 Å². The van der Waals surface area contributed by atoms with Crippen molar-refractivity contribution in [2.24, 2.45) is 0 Å². The first-order chi connectivity index (χ1) is 12.0. The van der Waals surface area contributed by atoms with Crippen molar-refractivity contribution < 1.29 is 24.0 Å². The first-order valence-corrected chi connectivity index (χ1v) is 7.74. The molecule has 4 amide bonds. The average Bonchev–Trinajstić information content (AvgIpc) is 2.91. The van der Waals surface area contributed by atoms with Crippen LogP contribution in [0.2, 0.25) is 0 Å². The van der Waals surface area contributed by atoms with Crippen LogP contribution in [0.5, 0.6) is 0 Å². The van der Waals surface area contributed by atoms with Gasteiger partial charge in [0.1, 0.15) is 6.29 Å². The normalized spacial score (nSPS) is 19.4.